The van der Waals surface area contributed by atoms with Gasteiger partial charge >= 0.3 is 0 Å². The van der Waals surface area contributed by atoms with E-state index in [-0.39, 0.29) is 18.1 Å². The maximum absolute atomic E-state index is 11.8. The number of aromatic nitrogens is 2. The standard InChI is InChI=1S/C11H15ClN2O2/c1-6-10(12)8(14(2)13-6)5-9(15)11(16)7-3-4-7/h7,11,16H,3-5H2,1-2H3. The Morgan fingerprint density at radius 1 is 1.69 bits per heavy atom. The molecule has 5 heteroatoms. The molecule has 0 amide bonds. The van der Waals surface area contributed by atoms with E-state index in [2.05, 4.69) is 5.10 Å². The molecule has 4 nitrogen and oxygen atoms in total. The van der Waals surface area contributed by atoms with Crippen LogP contribution in [0.3, 0.4) is 0 Å². The SMILES string of the molecule is Cc1nn(C)c(CC(=O)C(O)C2CC2)c1Cl. The lowest BCUT2D eigenvalue weighted by molar-refractivity contribution is -0.127. The van der Waals surface area contributed by atoms with Crippen molar-refractivity contribution in [3.63, 3.8) is 0 Å². The van der Waals surface area contributed by atoms with Crippen molar-refractivity contribution in [2.75, 3.05) is 0 Å². The predicted octanol–water partition coefficient (Wildman–Crippen LogP) is 1.26. The number of hydrogen-bond donors (Lipinski definition) is 1. The van der Waals surface area contributed by atoms with Crippen LogP contribution in [-0.4, -0.2) is 26.8 Å². The Morgan fingerprint density at radius 3 is 2.75 bits per heavy atom. The Balaban J connectivity index is 2.10. The number of aliphatic hydroxyl groups excluding tert-OH is 1. The van der Waals surface area contributed by atoms with Crippen molar-refractivity contribution >= 4 is 17.4 Å². The number of Topliss-reactive ketones (excluding diaryl/α,β-unsaturated/α-hetero) is 1. The van der Waals surface area contributed by atoms with Gasteiger partial charge in [0.25, 0.3) is 0 Å². The summed E-state index contributed by atoms with van der Waals surface area (Å²) in [5.41, 5.74) is 1.40. The lowest BCUT2D eigenvalue weighted by Crippen LogP contribution is -2.25. The molecule has 88 valence electrons. The minimum atomic E-state index is -0.828. The van der Waals surface area contributed by atoms with Crippen LogP contribution in [0.25, 0.3) is 0 Å². The summed E-state index contributed by atoms with van der Waals surface area (Å²) in [7, 11) is 1.75. The van der Waals surface area contributed by atoms with E-state index in [1.807, 2.05) is 0 Å². The van der Waals surface area contributed by atoms with E-state index in [1.54, 1.807) is 18.7 Å². The van der Waals surface area contributed by atoms with Crippen LogP contribution in [0.15, 0.2) is 0 Å². The summed E-state index contributed by atoms with van der Waals surface area (Å²) in [5.74, 6) is 0.00741. The number of carbonyl (C=O) groups is 1. The highest BCUT2D eigenvalue weighted by molar-refractivity contribution is 6.32. The van der Waals surface area contributed by atoms with Crippen molar-refractivity contribution in [1.82, 2.24) is 9.78 Å². The monoisotopic (exact) mass is 242 g/mol. The highest BCUT2D eigenvalue weighted by Gasteiger charge is 2.34. The molecule has 2 rings (SSSR count). The first kappa shape index (κ1) is 11.6. The summed E-state index contributed by atoms with van der Waals surface area (Å²) >= 11 is 6.04. The predicted molar refractivity (Wildman–Crippen MR) is 60.4 cm³/mol. The van der Waals surface area contributed by atoms with Crippen LogP contribution in [0.4, 0.5) is 0 Å². The number of halogens is 1. The topological polar surface area (TPSA) is 55.1 Å². The third-order valence-electron chi connectivity index (χ3n) is 3.00. The number of carbonyl (C=O) groups excluding carboxylic acids is 1. The second kappa shape index (κ2) is 4.18. The van der Waals surface area contributed by atoms with Crippen LogP contribution >= 0.6 is 11.6 Å². The molecule has 0 aliphatic heterocycles. The number of rotatable bonds is 4. The van der Waals surface area contributed by atoms with Gasteiger partial charge in [0.2, 0.25) is 0 Å². The van der Waals surface area contributed by atoms with Crippen LogP contribution in [0.1, 0.15) is 24.2 Å². The van der Waals surface area contributed by atoms with E-state index in [1.165, 1.54) is 0 Å². The van der Waals surface area contributed by atoms with Crippen LogP contribution in [0.2, 0.25) is 5.02 Å². The minimum Gasteiger partial charge on any atom is -0.385 e. The normalized spacial score (nSPS) is 17.5. The lowest BCUT2D eigenvalue weighted by Gasteiger charge is -2.08. The fourth-order valence-corrected chi connectivity index (χ4v) is 2.04. The van der Waals surface area contributed by atoms with Crippen molar-refractivity contribution in [2.45, 2.75) is 32.3 Å². The smallest absolute Gasteiger partial charge is 0.167 e. The van der Waals surface area contributed by atoms with Crippen molar-refractivity contribution in [2.24, 2.45) is 13.0 Å². The molecule has 0 saturated heterocycles. The van der Waals surface area contributed by atoms with Gasteiger partial charge in [0.15, 0.2) is 5.78 Å². The van der Waals surface area contributed by atoms with E-state index in [4.69, 9.17) is 11.6 Å². The van der Waals surface area contributed by atoms with Crippen molar-refractivity contribution in [1.29, 1.82) is 0 Å². The first-order chi connectivity index (χ1) is 7.50. The maximum atomic E-state index is 11.8. The van der Waals surface area contributed by atoms with E-state index in [0.717, 1.165) is 12.8 Å². The summed E-state index contributed by atoms with van der Waals surface area (Å²) in [6.07, 6.45) is 1.23. The average Bonchev–Trinajstić information content (AvgIpc) is 3.03. The van der Waals surface area contributed by atoms with Crippen molar-refractivity contribution < 1.29 is 9.90 Å². The van der Waals surface area contributed by atoms with Gasteiger partial charge in [-0.15, -0.1) is 0 Å². The Kier molecular flexibility index (Phi) is 3.04. The third kappa shape index (κ3) is 2.13. The van der Waals surface area contributed by atoms with Gasteiger partial charge in [-0.1, -0.05) is 11.6 Å². The summed E-state index contributed by atoms with van der Waals surface area (Å²) in [5, 5.41) is 14.3. The van der Waals surface area contributed by atoms with E-state index < -0.39 is 6.10 Å². The lowest BCUT2D eigenvalue weighted by atomic mass is 10.1. The zero-order valence-corrected chi connectivity index (χ0v) is 10.2. The van der Waals surface area contributed by atoms with Gasteiger partial charge in [0.1, 0.15) is 6.10 Å². The quantitative estimate of drug-likeness (QED) is 0.865. The second-order valence-corrected chi connectivity index (χ2v) is 4.77. The van der Waals surface area contributed by atoms with E-state index in [0.29, 0.717) is 16.4 Å². The molecule has 1 fully saturated rings. The summed E-state index contributed by atoms with van der Waals surface area (Å²) in [6, 6.07) is 0. The van der Waals surface area contributed by atoms with Gasteiger partial charge in [0.05, 0.1) is 22.8 Å². The molecule has 0 aromatic carbocycles. The van der Waals surface area contributed by atoms with Crippen LogP contribution in [0, 0.1) is 12.8 Å². The average molecular weight is 243 g/mol. The number of ketones is 1. The third-order valence-corrected chi connectivity index (χ3v) is 3.49. The zero-order chi connectivity index (χ0) is 11.9. The Bertz CT molecular complexity index is 424. The first-order valence-corrected chi connectivity index (χ1v) is 5.77. The van der Waals surface area contributed by atoms with Crippen molar-refractivity contribution in [3.05, 3.63) is 16.4 Å². The fourth-order valence-electron chi connectivity index (χ4n) is 1.82. The van der Waals surface area contributed by atoms with E-state index in [9.17, 15) is 9.90 Å². The first-order valence-electron chi connectivity index (χ1n) is 5.39. The second-order valence-electron chi connectivity index (χ2n) is 4.40. The van der Waals surface area contributed by atoms with Gasteiger partial charge in [-0.3, -0.25) is 9.48 Å². The highest BCUT2D eigenvalue weighted by Crippen LogP contribution is 2.33. The van der Waals surface area contributed by atoms with Gasteiger partial charge in [-0.2, -0.15) is 5.10 Å². The molecular formula is C11H15ClN2O2. The molecule has 0 radical (unpaired) electrons. The van der Waals surface area contributed by atoms with Crippen LogP contribution in [0.5, 0.6) is 0 Å². The molecule has 1 aliphatic rings. The molecule has 1 heterocycles. The van der Waals surface area contributed by atoms with Crippen LogP contribution in [-0.2, 0) is 18.3 Å². The molecule has 0 spiro atoms. The molecule has 1 N–H and O–H groups in total. The van der Waals surface area contributed by atoms with E-state index >= 15 is 0 Å². The Morgan fingerprint density at radius 2 is 2.31 bits per heavy atom. The number of nitrogens with zero attached hydrogens (tertiary/aromatic N) is 2. The summed E-state index contributed by atoms with van der Waals surface area (Å²) in [6.45, 7) is 1.80. The Labute approximate surface area is 99.2 Å². The fraction of sp³-hybridized carbons (Fsp3) is 0.636. The molecule has 1 atom stereocenters. The molecule has 1 unspecified atom stereocenters. The van der Waals surface area contributed by atoms with Gasteiger partial charge in [-0.25, -0.2) is 0 Å². The van der Waals surface area contributed by atoms with Crippen LogP contribution < -0.4 is 0 Å². The van der Waals surface area contributed by atoms with Gasteiger partial charge in [-0.05, 0) is 25.7 Å². The number of hydrogen-bond acceptors (Lipinski definition) is 3. The molecule has 0 bridgehead atoms. The van der Waals surface area contributed by atoms with Gasteiger partial charge in [0, 0.05) is 7.05 Å². The van der Waals surface area contributed by atoms with Crippen molar-refractivity contribution in [3.8, 4) is 0 Å². The number of aliphatic hydroxyl groups is 1. The molecule has 16 heavy (non-hydrogen) atoms. The summed E-state index contributed by atoms with van der Waals surface area (Å²) in [4.78, 5) is 11.8. The Hall–Kier alpha value is -0.870. The molecule has 1 aromatic heterocycles. The molecule has 1 aromatic rings. The summed E-state index contributed by atoms with van der Waals surface area (Å²) < 4.78 is 1.61. The largest absolute Gasteiger partial charge is 0.385 e. The molecular weight excluding hydrogens is 228 g/mol. The van der Waals surface area contributed by atoms with Gasteiger partial charge < -0.3 is 5.11 Å². The highest BCUT2D eigenvalue weighted by atomic mass is 35.5. The molecule has 1 saturated carbocycles. The zero-order valence-electron chi connectivity index (χ0n) is 9.40. The number of aryl methyl sites for hydroxylation is 2. The maximum Gasteiger partial charge on any atom is 0.167 e. The minimum absolute atomic E-state index is 0.160. The molecule has 1 aliphatic carbocycles.